The number of hydrogen-bond donors (Lipinski definition) is 2. The lowest BCUT2D eigenvalue weighted by Gasteiger charge is -2.27. The van der Waals surface area contributed by atoms with Gasteiger partial charge in [-0.2, -0.15) is 0 Å². The number of amides is 2. The Morgan fingerprint density at radius 2 is 1.71 bits per heavy atom. The van der Waals surface area contributed by atoms with E-state index in [1.54, 1.807) is 65.0 Å². The molecule has 0 aliphatic rings. The van der Waals surface area contributed by atoms with E-state index in [0.717, 1.165) is 0 Å². The first-order valence-electron chi connectivity index (χ1n) is 7.70. The fraction of sp³-hybridized carbons (Fsp3) is 0.444. The van der Waals surface area contributed by atoms with Crippen molar-refractivity contribution in [3.8, 4) is 5.75 Å². The summed E-state index contributed by atoms with van der Waals surface area (Å²) in [6.45, 7) is 12.5. The first-order valence-corrected chi connectivity index (χ1v) is 7.70. The van der Waals surface area contributed by atoms with Gasteiger partial charge < -0.3 is 20.1 Å². The molecule has 1 aromatic rings. The molecule has 0 saturated carbocycles. The summed E-state index contributed by atoms with van der Waals surface area (Å²) in [7, 11) is 0. The molecule has 0 aromatic heterocycles. The molecule has 2 amide bonds. The van der Waals surface area contributed by atoms with Crippen molar-refractivity contribution in [2.75, 3.05) is 11.9 Å². The number of rotatable bonds is 6. The standard InChI is InChI=1S/C18H26N2O4/c1-7-12-23-14-10-8-13(9-11-14)19-15(21)18(5,6)20-16(22)24-17(2,3)4/h7-11H,1,12H2,2-6H3,(H,19,21)(H,20,22). The number of hydrogen-bond acceptors (Lipinski definition) is 4. The highest BCUT2D eigenvalue weighted by atomic mass is 16.6. The summed E-state index contributed by atoms with van der Waals surface area (Å²) >= 11 is 0. The Balaban J connectivity index is 2.64. The molecule has 1 aromatic carbocycles. The minimum absolute atomic E-state index is 0.354. The number of carbonyl (C=O) groups excluding carboxylic acids is 2. The highest BCUT2D eigenvalue weighted by Crippen LogP contribution is 2.17. The van der Waals surface area contributed by atoms with Gasteiger partial charge in [0.1, 0.15) is 23.5 Å². The van der Waals surface area contributed by atoms with E-state index < -0.39 is 17.2 Å². The quantitative estimate of drug-likeness (QED) is 0.781. The Morgan fingerprint density at radius 3 is 2.21 bits per heavy atom. The Bertz CT molecular complexity index is 586. The summed E-state index contributed by atoms with van der Waals surface area (Å²) in [4.78, 5) is 24.2. The Hall–Kier alpha value is -2.50. The predicted molar refractivity (Wildman–Crippen MR) is 94.2 cm³/mol. The van der Waals surface area contributed by atoms with Crippen molar-refractivity contribution in [3.05, 3.63) is 36.9 Å². The average Bonchev–Trinajstić information content (AvgIpc) is 2.43. The van der Waals surface area contributed by atoms with Crippen molar-refractivity contribution in [1.82, 2.24) is 5.32 Å². The van der Waals surface area contributed by atoms with Crippen LogP contribution in [0.2, 0.25) is 0 Å². The van der Waals surface area contributed by atoms with E-state index in [2.05, 4.69) is 17.2 Å². The smallest absolute Gasteiger partial charge is 0.408 e. The van der Waals surface area contributed by atoms with Gasteiger partial charge in [0.2, 0.25) is 5.91 Å². The number of nitrogens with one attached hydrogen (secondary N) is 2. The van der Waals surface area contributed by atoms with Crippen LogP contribution in [0, 0.1) is 0 Å². The average molecular weight is 334 g/mol. The van der Waals surface area contributed by atoms with Crippen LogP contribution in [0.3, 0.4) is 0 Å². The number of anilines is 1. The van der Waals surface area contributed by atoms with E-state index in [-0.39, 0.29) is 5.91 Å². The summed E-state index contributed by atoms with van der Waals surface area (Å²) in [6, 6.07) is 6.93. The van der Waals surface area contributed by atoms with Gasteiger partial charge in [-0.3, -0.25) is 4.79 Å². The van der Waals surface area contributed by atoms with Crippen LogP contribution in [0.5, 0.6) is 5.75 Å². The van der Waals surface area contributed by atoms with Gasteiger partial charge in [0.15, 0.2) is 0 Å². The van der Waals surface area contributed by atoms with E-state index in [0.29, 0.717) is 18.0 Å². The molecule has 0 aliphatic carbocycles. The largest absolute Gasteiger partial charge is 0.490 e. The minimum Gasteiger partial charge on any atom is -0.490 e. The Labute approximate surface area is 143 Å². The second-order valence-corrected chi connectivity index (χ2v) is 6.83. The lowest BCUT2D eigenvalue weighted by molar-refractivity contribution is -0.121. The van der Waals surface area contributed by atoms with Crippen molar-refractivity contribution in [1.29, 1.82) is 0 Å². The first kappa shape index (κ1) is 19.5. The number of carbonyl (C=O) groups is 2. The van der Waals surface area contributed by atoms with Crippen LogP contribution >= 0.6 is 0 Å². The first-order chi connectivity index (χ1) is 11.0. The van der Waals surface area contributed by atoms with Crippen molar-refractivity contribution in [2.45, 2.75) is 45.8 Å². The minimum atomic E-state index is -1.12. The third-order valence-electron chi connectivity index (χ3n) is 2.86. The molecule has 0 saturated heterocycles. The molecule has 0 atom stereocenters. The Kier molecular flexibility index (Phi) is 6.40. The molecule has 0 spiro atoms. The van der Waals surface area contributed by atoms with E-state index >= 15 is 0 Å². The molecule has 132 valence electrons. The third kappa shape index (κ3) is 6.73. The molecule has 0 radical (unpaired) electrons. The Morgan fingerprint density at radius 1 is 1.12 bits per heavy atom. The van der Waals surface area contributed by atoms with Gasteiger partial charge in [-0.05, 0) is 58.9 Å². The van der Waals surface area contributed by atoms with Gasteiger partial charge in [-0.25, -0.2) is 4.79 Å². The van der Waals surface area contributed by atoms with Gasteiger partial charge in [0.05, 0.1) is 0 Å². The second-order valence-electron chi connectivity index (χ2n) is 6.83. The summed E-state index contributed by atoms with van der Waals surface area (Å²) < 4.78 is 10.5. The van der Waals surface area contributed by atoms with Crippen LogP contribution in [0.1, 0.15) is 34.6 Å². The molecule has 24 heavy (non-hydrogen) atoms. The molecule has 6 heteroatoms. The highest BCUT2D eigenvalue weighted by molar-refractivity contribution is 5.99. The predicted octanol–water partition coefficient (Wildman–Crippen LogP) is 3.49. The van der Waals surface area contributed by atoms with E-state index in [1.165, 1.54) is 0 Å². The maximum absolute atomic E-state index is 12.4. The van der Waals surface area contributed by atoms with Crippen molar-refractivity contribution >= 4 is 17.7 Å². The maximum atomic E-state index is 12.4. The van der Waals surface area contributed by atoms with Crippen molar-refractivity contribution in [2.24, 2.45) is 0 Å². The van der Waals surface area contributed by atoms with Crippen LogP contribution < -0.4 is 15.4 Å². The van der Waals surface area contributed by atoms with Gasteiger partial charge in [-0.15, -0.1) is 0 Å². The van der Waals surface area contributed by atoms with Crippen LogP contribution in [0.25, 0.3) is 0 Å². The van der Waals surface area contributed by atoms with Crippen LogP contribution in [-0.2, 0) is 9.53 Å². The van der Waals surface area contributed by atoms with E-state index in [9.17, 15) is 9.59 Å². The van der Waals surface area contributed by atoms with Crippen LogP contribution in [0.15, 0.2) is 36.9 Å². The van der Waals surface area contributed by atoms with Gasteiger partial charge >= 0.3 is 6.09 Å². The van der Waals surface area contributed by atoms with E-state index in [4.69, 9.17) is 9.47 Å². The molecule has 0 fully saturated rings. The fourth-order valence-corrected chi connectivity index (χ4v) is 1.69. The molecule has 0 heterocycles. The zero-order valence-electron chi connectivity index (χ0n) is 14.9. The summed E-state index contributed by atoms with van der Waals surface area (Å²) in [5.41, 5.74) is -1.15. The summed E-state index contributed by atoms with van der Waals surface area (Å²) in [5, 5.41) is 5.31. The normalized spacial score (nSPS) is 11.4. The number of ether oxygens (including phenoxy) is 2. The molecule has 6 nitrogen and oxygen atoms in total. The monoisotopic (exact) mass is 334 g/mol. The zero-order chi connectivity index (χ0) is 18.4. The van der Waals surface area contributed by atoms with Crippen LogP contribution in [0.4, 0.5) is 10.5 Å². The molecule has 2 N–H and O–H groups in total. The molecule has 0 aliphatic heterocycles. The van der Waals surface area contributed by atoms with Crippen molar-refractivity contribution in [3.63, 3.8) is 0 Å². The van der Waals surface area contributed by atoms with Crippen LogP contribution in [-0.4, -0.2) is 29.7 Å². The zero-order valence-corrected chi connectivity index (χ0v) is 14.9. The lowest BCUT2D eigenvalue weighted by atomic mass is 10.0. The second kappa shape index (κ2) is 7.86. The molecular formula is C18H26N2O4. The van der Waals surface area contributed by atoms with Gasteiger partial charge in [0.25, 0.3) is 0 Å². The maximum Gasteiger partial charge on any atom is 0.408 e. The van der Waals surface area contributed by atoms with Gasteiger partial charge in [-0.1, -0.05) is 12.7 Å². The van der Waals surface area contributed by atoms with Crippen molar-refractivity contribution < 1.29 is 19.1 Å². The van der Waals surface area contributed by atoms with Gasteiger partial charge in [0, 0.05) is 5.69 Å². The fourth-order valence-electron chi connectivity index (χ4n) is 1.69. The SMILES string of the molecule is C=CCOc1ccc(NC(=O)C(C)(C)NC(=O)OC(C)(C)C)cc1. The molecule has 0 unspecified atom stereocenters. The summed E-state index contributed by atoms with van der Waals surface area (Å²) in [5.74, 6) is 0.326. The number of alkyl carbamates (subject to hydrolysis) is 1. The number of benzene rings is 1. The topological polar surface area (TPSA) is 76.7 Å². The molecular weight excluding hydrogens is 308 g/mol. The molecule has 0 bridgehead atoms. The van der Waals surface area contributed by atoms with E-state index in [1.807, 2.05) is 0 Å². The summed E-state index contributed by atoms with van der Waals surface area (Å²) in [6.07, 6.45) is 1.01. The lowest BCUT2D eigenvalue weighted by Crippen LogP contribution is -2.53. The third-order valence-corrected chi connectivity index (χ3v) is 2.86. The molecule has 1 rings (SSSR count). The highest BCUT2D eigenvalue weighted by Gasteiger charge is 2.31.